The SMILES string of the molecule is CC(Sc1nncs1)C(=O)NC(C)c1ccc2c(c1)CCCC2. The highest BCUT2D eigenvalue weighted by molar-refractivity contribution is 8.02. The van der Waals surface area contributed by atoms with E-state index in [0.717, 1.165) is 10.8 Å². The molecule has 122 valence electrons. The molecule has 1 aliphatic rings. The van der Waals surface area contributed by atoms with Gasteiger partial charge in [0.15, 0.2) is 4.34 Å². The number of carbonyl (C=O) groups is 1. The van der Waals surface area contributed by atoms with Crippen LogP contribution < -0.4 is 5.32 Å². The number of nitrogens with one attached hydrogen (secondary N) is 1. The lowest BCUT2D eigenvalue weighted by atomic mass is 9.89. The number of hydrogen-bond acceptors (Lipinski definition) is 5. The third-order valence-electron chi connectivity index (χ3n) is 4.22. The van der Waals surface area contributed by atoms with Gasteiger partial charge in [0.05, 0.1) is 11.3 Å². The molecule has 0 aliphatic heterocycles. The van der Waals surface area contributed by atoms with Crippen LogP contribution in [0.1, 0.15) is 49.4 Å². The second kappa shape index (κ2) is 7.45. The van der Waals surface area contributed by atoms with Gasteiger partial charge in [-0.05, 0) is 56.2 Å². The molecule has 2 atom stereocenters. The van der Waals surface area contributed by atoms with Gasteiger partial charge in [-0.25, -0.2) is 0 Å². The van der Waals surface area contributed by atoms with E-state index >= 15 is 0 Å². The standard InChI is InChI=1S/C17H21N3OS2/c1-11(14-8-7-13-5-3-4-6-15(13)9-14)19-16(21)12(2)23-17-20-18-10-22-17/h7-12H,3-6H2,1-2H3,(H,19,21). The third kappa shape index (κ3) is 4.12. The Labute approximate surface area is 145 Å². The molecule has 0 spiro atoms. The van der Waals surface area contributed by atoms with E-state index in [1.165, 1.54) is 59.1 Å². The molecule has 0 bridgehead atoms. The Morgan fingerprint density at radius 2 is 2.04 bits per heavy atom. The van der Waals surface area contributed by atoms with Gasteiger partial charge in [0.25, 0.3) is 0 Å². The number of benzene rings is 1. The van der Waals surface area contributed by atoms with Gasteiger partial charge in [0.1, 0.15) is 5.51 Å². The van der Waals surface area contributed by atoms with E-state index in [9.17, 15) is 4.79 Å². The number of aryl methyl sites for hydroxylation is 2. The van der Waals surface area contributed by atoms with E-state index in [4.69, 9.17) is 0 Å². The Hall–Kier alpha value is -1.40. The Balaban J connectivity index is 1.61. The molecular formula is C17H21N3OS2. The number of rotatable bonds is 5. The molecule has 1 N–H and O–H groups in total. The Kier molecular flexibility index (Phi) is 5.33. The van der Waals surface area contributed by atoms with Crippen molar-refractivity contribution in [2.45, 2.75) is 55.2 Å². The fourth-order valence-electron chi connectivity index (χ4n) is 2.86. The van der Waals surface area contributed by atoms with E-state index in [1.54, 1.807) is 5.51 Å². The average Bonchev–Trinajstić information content (AvgIpc) is 3.07. The van der Waals surface area contributed by atoms with Crippen molar-refractivity contribution in [2.75, 3.05) is 0 Å². The number of aromatic nitrogens is 2. The first-order chi connectivity index (χ1) is 11.1. The monoisotopic (exact) mass is 347 g/mol. The quantitative estimate of drug-likeness (QED) is 0.837. The van der Waals surface area contributed by atoms with Crippen LogP contribution in [0.15, 0.2) is 28.0 Å². The fraction of sp³-hybridized carbons (Fsp3) is 0.471. The van der Waals surface area contributed by atoms with Gasteiger partial charge in [-0.1, -0.05) is 41.3 Å². The summed E-state index contributed by atoms with van der Waals surface area (Å²) < 4.78 is 0.828. The van der Waals surface area contributed by atoms with Crippen LogP contribution in [0.3, 0.4) is 0 Å². The maximum Gasteiger partial charge on any atom is 0.233 e. The molecule has 1 amide bonds. The molecule has 1 aliphatic carbocycles. The van der Waals surface area contributed by atoms with Gasteiger partial charge in [-0.15, -0.1) is 10.2 Å². The lowest BCUT2D eigenvalue weighted by Gasteiger charge is -2.21. The number of amides is 1. The molecule has 2 aromatic rings. The minimum absolute atomic E-state index is 0.0206. The van der Waals surface area contributed by atoms with Crippen LogP contribution in [0.25, 0.3) is 0 Å². The van der Waals surface area contributed by atoms with Crippen LogP contribution in [0.4, 0.5) is 0 Å². The summed E-state index contributed by atoms with van der Waals surface area (Å²) in [5.74, 6) is 0.0374. The maximum atomic E-state index is 12.4. The van der Waals surface area contributed by atoms with Gasteiger partial charge in [0.2, 0.25) is 5.91 Å². The first-order valence-corrected chi connectivity index (χ1v) is 9.74. The molecule has 0 radical (unpaired) electrons. The minimum Gasteiger partial charge on any atom is -0.349 e. The van der Waals surface area contributed by atoms with Crippen LogP contribution in [0.5, 0.6) is 0 Å². The largest absolute Gasteiger partial charge is 0.349 e. The maximum absolute atomic E-state index is 12.4. The van der Waals surface area contributed by atoms with E-state index in [2.05, 4.69) is 33.7 Å². The summed E-state index contributed by atoms with van der Waals surface area (Å²) in [5, 5.41) is 10.7. The number of thioether (sulfide) groups is 1. The van der Waals surface area contributed by atoms with Gasteiger partial charge in [-0.3, -0.25) is 4.79 Å². The summed E-state index contributed by atoms with van der Waals surface area (Å²) in [7, 11) is 0. The molecule has 3 rings (SSSR count). The number of fused-ring (bicyclic) bond motifs is 1. The first-order valence-electron chi connectivity index (χ1n) is 7.98. The topological polar surface area (TPSA) is 54.9 Å². The number of carbonyl (C=O) groups excluding carboxylic acids is 1. The van der Waals surface area contributed by atoms with Crippen molar-refractivity contribution in [1.82, 2.24) is 15.5 Å². The lowest BCUT2D eigenvalue weighted by molar-refractivity contribution is -0.120. The smallest absolute Gasteiger partial charge is 0.233 e. The zero-order valence-electron chi connectivity index (χ0n) is 13.4. The van der Waals surface area contributed by atoms with Crippen molar-refractivity contribution < 1.29 is 4.79 Å². The van der Waals surface area contributed by atoms with Gasteiger partial charge < -0.3 is 5.32 Å². The molecule has 0 saturated heterocycles. The van der Waals surface area contributed by atoms with Gasteiger partial charge in [-0.2, -0.15) is 0 Å². The van der Waals surface area contributed by atoms with E-state index in [1.807, 2.05) is 13.8 Å². The molecular weight excluding hydrogens is 326 g/mol. The number of hydrogen-bond donors (Lipinski definition) is 1. The van der Waals surface area contributed by atoms with Crippen molar-refractivity contribution in [3.05, 3.63) is 40.4 Å². The van der Waals surface area contributed by atoms with Crippen molar-refractivity contribution in [3.8, 4) is 0 Å². The van der Waals surface area contributed by atoms with Crippen molar-refractivity contribution in [1.29, 1.82) is 0 Å². The molecule has 1 heterocycles. The summed E-state index contributed by atoms with van der Waals surface area (Å²) in [4.78, 5) is 12.4. The molecule has 0 saturated carbocycles. The molecule has 1 aromatic heterocycles. The lowest BCUT2D eigenvalue weighted by Crippen LogP contribution is -2.33. The van der Waals surface area contributed by atoms with E-state index in [0.29, 0.717) is 0 Å². The second-order valence-electron chi connectivity index (χ2n) is 5.93. The highest BCUT2D eigenvalue weighted by atomic mass is 32.2. The molecule has 2 unspecified atom stereocenters. The van der Waals surface area contributed by atoms with Crippen molar-refractivity contribution >= 4 is 29.0 Å². The van der Waals surface area contributed by atoms with Crippen LogP contribution in [-0.2, 0) is 17.6 Å². The zero-order chi connectivity index (χ0) is 16.2. The second-order valence-corrected chi connectivity index (χ2v) is 8.35. The van der Waals surface area contributed by atoms with Crippen molar-refractivity contribution in [2.24, 2.45) is 0 Å². The van der Waals surface area contributed by atoms with Crippen LogP contribution in [0, 0.1) is 0 Å². The third-order valence-corrected chi connectivity index (χ3v) is 6.13. The Bertz CT molecular complexity index is 672. The molecule has 0 fully saturated rings. The summed E-state index contributed by atoms with van der Waals surface area (Å²) in [6.07, 6.45) is 4.91. The minimum atomic E-state index is -0.178. The van der Waals surface area contributed by atoms with Crippen LogP contribution in [0.2, 0.25) is 0 Å². The highest BCUT2D eigenvalue weighted by Gasteiger charge is 2.19. The normalized spacial score (nSPS) is 16.4. The predicted molar refractivity (Wildman–Crippen MR) is 94.9 cm³/mol. The summed E-state index contributed by atoms with van der Waals surface area (Å²) in [6.45, 7) is 3.95. The summed E-state index contributed by atoms with van der Waals surface area (Å²) in [5.41, 5.74) is 5.79. The fourth-order valence-corrected chi connectivity index (χ4v) is 4.49. The Morgan fingerprint density at radius 1 is 1.26 bits per heavy atom. The summed E-state index contributed by atoms with van der Waals surface area (Å²) in [6, 6.07) is 6.66. The van der Waals surface area contributed by atoms with Gasteiger partial charge >= 0.3 is 0 Å². The summed E-state index contributed by atoms with van der Waals surface area (Å²) >= 11 is 2.91. The highest BCUT2D eigenvalue weighted by Crippen LogP contribution is 2.27. The number of nitrogens with zero attached hydrogens (tertiary/aromatic N) is 2. The Morgan fingerprint density at radius 3 is 2.78 bits per heavy atom. The van der Waals surface area contributed by atoms with E-state index in [-0.39, 0.29) is 17.2 Å². The zero-order valence-corrected chi connectivity index (χ0v) is 15.0. The molecule has 1 aromatic carbocycles. The van der Waals surface area contributed by atoms with E-state index < -0.39 is 0 Å². The van der Waals surface area contributed by atoms with Crippen LogP contribution >= 0.6 is 23.1 Å². The van der Waals surface area contributed by atoms with Gasteiger partial charge in [0, 0.05) is 0 Å². The molecule has 6 heteroatoms. The molecule has 23 heavy (non-hydrogen) atoms. The predicted octanol–water partition coefficient (Wildman–Crippen LogP) is 3.77. The molecule has 4 nitrogen and oxygen atoms in total. The van der Waals surface area contributed by atoms with Crippen LogP contribution in [-0.4, -0.2) is 21.4 Å². The first kappa shape index (κ1) is 16.5. The average molecular weight is 348 g/mol. The van der Waals surface area contributed by atoms with Crippen molar-refractivity contribution in [3.63, 3.8) is 0 Å².